The minimum atomic E-state index is -0.239. The number of nitrogens with zero attached hydrogens (tertiary/aromatic N) is 3. The third kappa shape index (κ3) is 2.21. The molecule has 0 radical (unpaired) electrons. The Labute approximate surface area is 101 Å². The van der Waals surface area contributed by atoms with Crippen LogP contribution in [0.2, 0.25) is 0 Å². The highest BCUT2D eigenvalue weighted by Gasteiger charge is 2.29. The fourth-order valence-corrected chi connectivity index (χ4v) is 3.06. The van der Waals surface area contributed by atoms with Crippen LogP contribution in [0.15, 0.2) is 6.33 Å². The van der Waals surface area contributed by atoms with E-state index in [0.717, 1.165) is 12.2 Å². The Kier molecular flexibility index (Phi) is 3.11. The summed E-state index contributed by atoms with van der Waals surface area (Å²) in [6, 6.07) is 0.739. The first-order valence-corrected chi connectivity index (χ1v) is 6.65. The van der Waals surface area contributed by atoms with Crippen molar-refractivity contribution in [2.45, 2.75) is 56.7 Å². The lowest BCUT2D eigenvalue weighted by Gasteiger charge is -2.25. The van der Waals surface area contributed by atoms with Crippen molar-refractivity contribution < 1.29 is 5.11 Å². The van der Waals surface area contributed by atoms with E-state index in [4.69, 9.17) is 0 Å². The molecule has 1 aliphatic carbocycles. The van der Waals surface area contributed by atoms with E-state index in [1.165, 1.54) is 32.1 Å². The average molecular weight is 236 g/mol. The summed E-state index contributed by atoms with van der Waals surface area (Å²) in [6.45, 7) is 0.669. The molecule has 2 heterocycles. The molecule has 1 saturated heterocycles. The molecule has 1 saturated carbocycles. The van der Waals surface area contributed by atoms with Crippen molar-refractivity contribution in [3.63, 3.8) is 0 Å². The topological polar surface area (TPSA) is 63.0 Å². The van der Waals surface area contributed by atoms with E-state index in [-0.39, 0.29) is 12.1 Å². The van der Waals surface area contributed by atoms with E-state index in [9.17, 15) is 5.11 Å². The fraction of sp³-hybridized carbons (Fsp3) is 0.833. The normalized spacial score (nSPS) is 30.9. The number of hydrogen-bond donors (Lipinski definition) is 2. The summed E-state index contributed by atoms with van der Waals surface area (Å²) >= 11 is 0. The van der Waals surface area contributed by atoms with Gasteiger partial charge in [-0.3, -0.25) is 0 Å². The standard InChI is InChI=1S/C12H20N4O/c17-10-6-11(13-7-10)12-15-14-8-16(12)9-4-2-1-3-5-9/h8-11,13,17H,1-7H2/t10-,11-/m1/s1. The van der Waals surface area contributed by atoms with Gasteiger partial charge in [0.2, 0.25) is 0 Å². The molecule has 2 atom stereocenters. The zero-order chi connectivity index (χ0) is 11.7. The van der Waals surface area contributed by atoms with Crippen LogP contribution in [-0.4, -0.2) is 32.5 Å². The highest BCUT2D eigenvalue weighted by Crippen LogP contribution is 2.31. The highest BCUT2D eigenvalue weighted by molar-refractivity contribution is 5.01. The molecule has 0 bridgehead atoms. The molecule has 0 amide bonds. The van der Waals surface area contributed by atoms with Gasteiger partial charge in [-0.1, -0.05) is 19.3 Å². The summed E-state index contributed by atoms with van der Waals surface area (Å²) < 4.78 is 2.23. The van der Waals surface area contributed by atoms with Crippen molar-refractivity contribution in [1.82, 2.24) is 20.1 Å². The van der Waals surface area contributed by atoms with Crippen molar-refractivity contribution in [3.05, 3.63) is 12.2 Å². The van der Waals surface area contributed by atoms with Crippen LogP contribution < -0.4 is 5.32 Å². The minimum Gasteiger partial charge on any atom is -0.392 e. The summed E-state index contributed by atoms with van der Waals surface area (Å²) in [5.41, 5.74) is 0. The van der Waals surface area contributed by atoms with Crippen molar-refractivity contribution in [3.8, 4) is 0 Å². The van der Waals surface area contributed by atoms with Crippen molar-refractivity contribution in [1.29, 1.82) is 0 Å². The molecular formula is C12H20N4O. The molecule has 5 heteroatoms. The fourth-order valence-electron chi connectivity index (χ4n) is 3.06. The lowest BCUT2D eigenvalue weighted by Crippen LogP contribution is -2.21. The summed E-state index contributed by atoms with van der Waals surface area (Å²) in [5, 5.41) is 21.2. The number of aliphatic hydroxyl groups excluding tert-OH is 1. The molecule has 2 N–H and O–H groups in total. The Morgan fingerprint density at radius 3 is 2.82 bits per heavy atom. The van der Waals surface area contributed by atoms with Crippen LogP contribution in [-0.2, 0) is 0 Å². The van der Waals surface area contributed by atoms with Crippen molar-refractivity contribution in [2.24, 2.45) is 0 Å². The number of β-amino-alcohol motifs (C(OH)–C–C–N with tert-alkyl or cyclic N) is 1. The molecule has 3 rings (SSSR count). The van der Waals surface area contributed by atoms with E-state index in [1.807, 2.05) is 6.33 Å². The minimum absolute atomic E-state index is 0.175. The van der Waals surface area contributed by atoms with Crippen LogP contribution in [0.5, 0.6) is 0 Å². The molecule has 17 heavy (non-hydrogen) atoms. The zero-order valence-corrected chi connectivity index (χ0v) is 10.0. The number of rotatable bonds is 2. The lowest BCUT2D eigenvalue weighted by atomic mass is 9.95. The van der Waals surface area contributed by atoms with E-state index in [2.05, 4.69) is 20.1 Å². The van der Waals surface area contributed by atoms with Gasteiger partial charge in [0.05, 0.1) is 12.1 Å². The van der Waals surface area contributed by atoms with Crippen LogP contribution in [0.3, 0.4) is 0 Å². The number of hydrogen-bond acceptors (Lipinski definition) is 4. The second kappa shape index (κ2) is 4.74. The Morgan fingerprint density at radius 1 is 1.29 bits per heavy atom. The van der Waals surface area contributed by atoms with Crippen LogP contribution in [0.4, 0.5) is 0 Å². The van der Waals surface area contributed by atoms with E-state index in [0.29, 0.717) is 12.6 Å². The van der Waals surface area contributed by atoms with Gasteiger partial charge >= 0.3 is 0 Å². The molecule has 94 valence electrons. The molecule has 1 aliphatic heterocycles. The maximum Gasteiger partial charge on any atom is 0.150 e. The Hall–Kier alpha value is -0.940. The average Bonchev–Trinajstić information content (AvgIpc) is 2.98. The Morgan fingerprint density at radius 2 is 2.12 bits per heavy atom. The summed E-state index contributed by atoms with van der Waals surface area (Å²) in [7, 11) is 0. The molecule has 1 aromatic heterocycles. The molecule has 5 nitrogen and oxygen atoms in total. The molecule has 2 aliphatic rings. The molecule has 0 unspecified atom stereocenters. The number of aliphatic hydroxyl groups is 1. The van der Waals surface area contributed by atoms with Crippen LogP contribution in [0.25, 0.3) is 0 Å². The van der Waals surface area contributed by atoms with Crippen molar-refractivity contribution >= 4 is 0 Å². The lowest BCUT2D eigenvalue weighted by molar-refractivity contribution is 0.192. The second-order valence-electron chi connectivity index (χ2n) is 5.24. The largest absolute Gasteiger partial charge is 0.392 e. The van der Waals surface area contributed by atoms with E-state index < -0.39 is 0 Å². The Bertz CT molecular complexity index is 353. The second-order valence-corrected chi connectivity index (χ2v) is 5.24. The van der Waals surface area contributed by atoms with Gasteiger partial charge < -0.3 is 15.0 Å². The van der Waals surface area contributed by atoms with Gasteiger partial charge in [-0.2, -0.15) is 0 Å². The number of nitrogens with one attached hydrogen (secondary N) is 1. The first-order chi connectivity index (χ1) is 8.34. The van der Waals surface area contributed by atoms with Crippen LogP contribution in [0, 0.1) is 0 Å². The van der Waals surface area contributed by atoms with E-state index >= 15 is 0 Å². The summed E-state index contributed by atoms with van der Waals surface area (Å²) in [4.78, 5) is 0. The smallest absolute Gasteiger partial charge is 0.150 e. The quantitative estimate of drug-likeness (QED) is 0.809. The first-order valence-electron chi connectivity index (χ1n) is 6.65. The summed E-state index contributed by atoms with van der Waals surface area (Å²) in [5.74, 6) is 1.01. The molecule has 0 aromatic carbocycles. The maximum absolute atomic E-state index is 9.58. The monoisotopic (exact) mass is 236 g/mol. The molecule has 2 fully saturated rings. The predicted molar refractivity (Wildman–Crippen MR) is 63.5 cm³/mol. The highest BCUT2D eigenvalue weighted by atomic mass is 16.3. The first kappa shape index (κ1) is 11.2. The van der Waals surface area contributed by atoms with Gasteiger partial charge in [0.15, 0.2) is 0 Å². The van der Waals surface area contributed by atoms with Gasteiger partial charge in [0.25, 0.3) is 0 Å². The van der Waals surface area contributed by atoms with Gasteiger partial charge in [0, 0.05) is 12.6 Å². The molecular weight excluding hydrogens is 216 g/mol. The SMILES string of the molecule is O[C@H]1CN[C@@H](c2nncn2C2CCCCC2)C1. The molecule has 0 spiro atoms. The van der Waals surface area contributed by atoms with Gasteiger partial charge in [0.1, 0.15) is 12.2 Å². The van der Waals surface area contributed by atoms with Gasteiger partial charge in [-0.05, 0) is 19.3 Å². The predicted octanol–water partition coefficient (Wildman–Crippen LogP) is 1.18. The Balaban J connectivity index is 1.78. The van der Waals surface area contributed by atoms with Crippen LogP contribution >= 0.6 is 0 Å². The van der Waals surface area contributed by atoms with Gasteiger partial charge in [-0.15, -0.1) is 10.2 Å². The van der Waals surface area contributed by atoms with E-state index in [1.54, 1.807) is 0 Å². The summed E-state index contributed by atoms with van der Waals surface area (Å²) in [6.07, 6.45) is 8.82. The van der Waals surface area contributed by atoms with Gasteiger partial charge in [-0.25, -0.2) is 0 Å². The van der Waals surface area contributed by atoms with Crippen molar-refractivity contribution in [2.75, 3.05) is 6.54 Å². The van der Waals surface area contributed by atoms with Crippen LogP contribution in [0.1, 0.15) is 56.4 Å². The third-order valence-electron chi connectivity index (χ3n) is 3.99. The third-order valence-corrected chi connectivity index (χ3v) is 3.99. The maximum atomic E-state index is 9.58. The zero-order valence-electron chi connectivity index (χ0n) is 10.0. The molecule has 1 aromatic rings. The number of aromatic nitrogens is 3.